The minimum Gasteiger partial charge on any atom is -0.324 e. The topological polar surface area (TPSA) is 49.4 Å². The molecule has 31 heavy (non-hydrogen) atoms. The van der Waals surface area contributed by atoms with Crippen molar-refractivity contribution in [3.8, 4) is 0 Å². The molecule has 0 spiro atoms. The van der Waals surface area contributed by atoms with Gasteiger partial charge in [0, 0.05) is 16.1 Å². The van der Waals surface area contributed by atoms with E-state index in [0.29, 0.717) is 5.56 Å². The number of amides is 1. The molecule has 166 valence electrons. The summed E-state index contributed by atoms with van der Waals surface area (Å²) in [5.74, 6) is -0.439. The highest BCUT2D eigenvalue weighted by atomic mass is 32.2. The first-order valence-electron chi connectivity index (χ1n) is 11.5. The van der Waals surface area contributed by atoms with Crippen molar-refractivity contribution in [1.29, 1.82) is 0 Å². The van der Waals surface area contributed by atoms with Gasteiger partial charge < -0.3 is 5.32 Å². The number of carbonyl (C=O) groups excluding carboxylic acids is 2. The van der Waals surface area contributed by atoms with E-state index in [2.05, 4.69) is 24.4 Å². The third-order valence-corrected chi connectivity index (χ3v) is 6.85. The standard InChI is InChI=1S/C26H34N2O2S/c1-3-4-5-6-7-8-9-10-13-20-16-18-21(19-17-20)27-26(30)24-25(29)22-14-11-12-15-23(22)31-28(24)2/h11-12,14-19,24H,3-10,13H2,1-2H3,(H,27,30). The summed E-state index contributed by atoms with van der Waals surface area (Å²) in [6.45, 7) is 2.25. The number of carbonyl (C=O) groups is 2. The van der Waals surface area contributed by atoms with Crippen molar-refractivity contribution in [1.82, 2.24) is 4.31 Å². The van der Waals surface area contributed by atoms with Gasteiger partial charge in [-0.3, -0.25) is 9.59 Å². The van der Waals surface area contributed by atoms with Crippen LogP contribution in [0.1, 0.15) is 74.2 Å². The molecule has 2 aromatic rings. The Morgan fingerprint density at radius 3 is 2.29 bits per heavy atom. The molecule has 0 aromatic heterocycles. The lowest BCUT2D eigenvalue weighted by Crippen LogP contribution is -2.46. The summed E-state index contributed by atoms with van der Waals surface area (Å²) in [5, 5.41) is 2.92. The van der Waals surface area contributed by atoms with Crippen LogP contribution in [0, 0.1) is 0 Å². The van der Waals surface area contributed by atoms with Crippen molar-refractivity contribution in [3.05, 3.63) is 59.7 Å². The van der Waals surface area contributed by atoms with E-state index in [1.165, 1.54) is 68.9 Å². The van der Waals surface area contributed by atoms with E-state index in [1.54, 1.807) is 17.4 Å². The number of aryl methyl sites for hydroxylation is 1. The zero-order chi connectivity index (χ0) is 22.1. The van der Waals surface area contributed by atoms with Gasteiger partial charge >= 0.3 is 0 Å². The second-order valence-corrected chi connectivity index (χ2v) is 9.51. The van der Waals surface area contributed by atoms with Crippen molar-refractivity contribution in [3.63, 3.8) is 0 Å². The number of hydrogen-bond acceptors (Lipinski definition) is 4. The third kappa shape index (κ3) is 6.68. The third-order valence-electron chi connectivity index (χ3n) is 5.80. The predicted molar refractivity (Wildman–Crippen MR) is 130 cm³/mol. The number of nitrogens with one attached hydrogen (secondary N) is 1. The molecule has 1 N–H and O–H groups in total. The molecular weight excluding hydrogens is 404 g/mol. The Kier molecular flexibility index (Phi) is 9.16. The van der Waals surface area contributed by atoms with Gasteiger partial charge in [0.2, 0.25) is 0 Å². The van der Waals surface area contributed by atoms with Crippen LogP contribution in [0.4, 0.5) is 5.69 Å². The van der Waals surface area contributed by atoms with Crippen molar-refractivity contribution in [2.75, 3.05) is 12.4 Å². The Labute approximate surface area is 190 Å². The van der Waals surface area contributed by atoms with E-state index in [1.807, 2.05) is 30.3 Å². The highest BCUT2D eigenvalue weighted by Gasteiger charge is 2.37. The summed E-state index contributed by atoms with van der Waals surface area (Å²) >= 11 is 1.43. The molecule has 0 fully saturated rings. The summed E-state index contributed by atoms with van der Waals surface area (Å²) in [5.41, 5.74) is 2.64. The molecular formula is C26H34N2O2S. The first kappa shape index (κ1) is 23.6. The van der Waals surface area contributed by atoms with Crippen molar-refractivity contribution < 1.29 is 9.59 Å². The van der Waals surface area contributed by atoms with Gasteiger partial charge in [-0.15, -0.1) is 0 Å². The minimum atomic E-state index is -0.822. The number of benzene rings is 2. The summed E-state index contributed by atoms with van der Waals surface area (Å²) in [4.78, 5) is 26.6. The number of nitrogens with zero attached hydrogens (tertiary/aromatic N) is 1. The van der Waals surface area contributed by atoms with Gasteiger partial charge in [0.15, 0.2) is 11.8 Å². The largest absolute Gasteiger partial charge is 0.324 e. The van der Waals surface area contributed by atoms with E-state index < -0.39 is 6.04 Å². The smallest absolute Gasteiger partial charge is 0.250 e. The highest BCUT2D eigenvalue weighted by Crippen LogP contribution is 2.34. The van der Waals surface area contributed by atoms with Crippen LogP contribution in [0.15, 0.2) is 53.4 Å². The number of rotatable bonds is 11. The van der Waals surface area contributed by atoms with Crippen molar-refractivity contribution in [2.45, 2.75) is 75.6 Å². The zero-order valence-electron chi connectivity index (χ0n) is 18.7. The maximum absolute atomic E-state index is 12.8. The molecule has 1 aliphatic heterocycles. The summed E-state index contributed by atoms with van der Waals surface area (Å²) in [6, 6.07) is 14.6. The normalized spacial score (nSPS) is 16.2. The fourth-order valence-corrected chi connectivity index (χ4v) is 5.00. The quantitative estimate of drug-likeness (QED) is 0.247. The highest BCUT2D eigenvalue weighted by molar-refractivity contribution is 7.97. The van der Waals surface area contributed by atoms with Gasteiger partial charge in [0.25, 0.3) is 5.91 Å². The number of anilines is 1. The van der Waals surface area contributed by atoms with Gasteiger partial charge in [-0.2, -0.15) is 0 Å². The number of unbranched alkanes of at least 4 members (excludes halogenated alkanes) is 7. The second kappa shape index (κ2) is 12.1. The zero-order valence-corrected chi connectivity index (χ0v) is 19.5. The van der Waals surface area contributed by atoms with Crippen LogP contribution in [0.3, 0.4) is 0 Å². The van der Waals surface area contributed by atoms with Crippen LogP contribution < -0.4 is 5.32 Å². The van der Waals surface area contributed by atoms with Crippen LogP contribution in [0.2, 0.25) is 0 Å². The van der Waals surface area contributed by atoms with E-state index in [9.17, 15) is 9.59 Å². The monoisotopic (exact) mass is 438 g/mol. The first-order valence-corrected chi connectivity index (χ1v) is 12.3. The molecule has 5 heteroatoms. The Bertz CT molecular complexity index is 866. The van der Waals surface area contributed by atoms with Gasteiger partial charge in [0.05, 0.1) is 0 Å². The Morgan fingerprint density at radius 2 is 1.58 bits per heavy atom. The Morgan fingerprint density at radius 1 is 0.935 bits per heavy atom. The van der Waals surface area contributed by atoms with Crippen LogP contribution in [0.5, 0.6) is 0 Å². The number of fused-ring (bicyclic) bond motifs is 1. The predicted octanol–water partition coefficient (Wildman–Crippen LogP) is 6.51. The summed E-state index contributed by atoms with van der Waals surface area (Å²) in [6.07, 6.45) is 11.6. The van der Waals surface area contributed by atoms with E-state index >= 15 is 0 Å². The minimum absolute atomic E-state index is 0.152. The molecule has 2 aromatic carbocycles. The molecule has 1 unspecified atom stereocenters. The summed E-state index contributed by atoms with van der Waals surface area (Å²) in [7, 11) is 1.79. The van der Waals surface area contributed by atoms with Gasteiger partial charge in [0.1, 0.15) is 0 Å². The fourth-order valence-electron chi connectivity index (χ4n) is 3.98. The lowest BCUT2D eigenvalue weighted by Gasteiger charge is -2.30. The van der Waals surface area contributed by atoms with Gasteiger partial charge in [-0.1, -0.05) is 82.2 Å². The second-order valence-electron chi connectivity index (χ2n) is 8.31. The lowest BCUT2D eigenvalue weighted by atomic mass is 10.0. The van der Waals surface area contributed by atoms with Crippen LogP contribution >= 0.6 is 11.9 Å². The Balaban J connectivity index is 1.45. The molecule has 3 rings (SSSR count). The number of ketones is 1. The SMILES string of the molecule is CCCCCCCCCCc1ccc(NC(=O)C2C(=O)c3ccccc3SN2C)cc1. The fraction of sp³-hybridized carbons (Fsp3) is 0.462. The molecule has 0 saturated carbocycles. The van der Waals surface area contributed by atoms with Gasteiger partial charge in [-0.25, -0.2) is 4.31 Å². The van der Waals surface area contributed by atoms with E-state index in [-0.39, 0.29) is 11.7 Å². The number of likely N-dealkylation sites (N-methyl/N-ethyl adjacent to an activating group) is 1. The van der Waals surface area contributed by atoms with Crippen LogP contribution in [-0.2, 0) is 11.2 Å². The average molecular weight is 439 g/mol. The molecule has 0 radical (unpaired) electrons. The molecule has 1 heterocycles. The van der Waals surface area contributed by atoms with Crippen LogP contribution in [-0.4, -0.2) is 29.1 Å². The van der Waals surface area contributed by atoms with Crippen molar-refractivity contribution >= 4 is 29.3 Å². The molecule has 0 saturated heterocycles. The average Bonchev–Trinajstić information content (AvgIpc) is 2.77. The maximum atomic E-state index is 12.8. The number of Topliss-reactive ketones (excluding diaryl/α,β-unsaturated/α-hetero) is 1. The van der Waals surface area contributed by atoms with Crippen LogP contribution in [0.25, 0.3) is 0 Å². The molecule has 0 aliphatic carbocycles. The maximum Gasteiger partial charge on any atom is 0.250 e. The summed E-state index contributed by atoms with van der Waals surface area (Å²) < 4.78 is 1.73. The first-order chi connectivity index (χ1) is 15.1. The molecule has 1 amide bonds. The molecule has 0 bridgehead atoms. The molecule has 1 atom stereocenters. The lowest BCUT2D eigenvalue weighted by molar-refractivity contribution is -0.118. The molecule has 4 nitrogen and oxygen atoms in total. The molecule has 1 aliphatic rings. The van der Waals surface area contributed by atoms with E-state index in [4.69, 9.17) is 0 Å². The number of hydrogen-bond donors (Lipinski definition) is 1. The Hall–Kier alpha value is -2.11. The van der Waals surface area contributed by atoms with Gasteiger partial charge in [-0.05, 0) is 55.6 Å². The van der Waals surface area contributed by atoms with Crippen molar-refractivity contribution in [2.24, 2.45) is 0 Å². The van der Waals surface area contributed by atoms with E-state index in [0.717, 1.165) is 17.0 Å².